The fourth-order valence-electron chi connectivity index (χ4n) is 0. The molecule has 0 heterocycles. The number of hydrogen-bond donors (Lipinski definition) is 1. The van der Waals surface area contributed by atoms with Gasteiger partial charge in [-0.05, 0) is 6.20 Å². The second kappa shape index (κ2) is 18.3. The quantitative estimate of drug-likeness (QED) is 0.378. The van der Waals surface area contributed by atoms with E-state index in [0.717, 1.165) is 0 Å². The van der Waals surface area contributed by atoms with Gasteiger partial charge in [-0.15, -0.1) is 0 Å². The molecule has 0 aromatic carbocycles. The van der Waals surface area contributed by atoms with Crippen molar-refractivity contribution in [1.29, 1.82) is 0 Å². The topological polar surface area (TPSA) is 26.0 Å². The van der Waals surface area contributed by atoms with Gasteiger partial charge in [-0.1, -0.05) is 6.58 Å². The first kappa shape index (κ1) is 9.50. The highest BCUT2D eigenvalue weighted by molar-refractivity contribution is 5.75. The zero-order valence-electron chi connectivity index (χ0n) is 2.44. The lowest BCUT2D eigenvalue weighted by molar-refractivity contribution is 1.64. The highest BCUT2D eigenvalue weighted by Crippen LogP contribution is 1.13. The van der Waals surface area contributed by atoms with Crippen LogP contribution in [0.25, 0.3) is 0 Å². The van der Waals surface area contributed by atoms with E-state index in [1.807, 2.05) is 0 Å². The zero-order chi connectivity index (χ0) is 2.71. The van der Waals surface area contributed by atoms with E-state index >= 15 is 0 Å². The lowest BCUT2D eigenvalue weighted by Crippen LogP contribution is -1.67. The van der Waals surface area contributed by atoms with E-state index in [2.05, 4.69) is 12.3 Å². The maximum atomic E-state index is 4.61. The Morgan fingerprint density at radius 3 is 1.75 bits per heavy atom. The van der Waals surface area contributed by atoms with Gasteiger partial charge >= 0.3 is 0 Å². The molecule has 0 unspecified atom stereocenters. The van der Waals surface area contributed by atoms with Crippen LogP contribution in [0.5, 0.6) is 0 Å². The molecule has 0 fully saturated rings. The summed E-state index contributed by atoms with van der Waals surface area (Å²) in [5.74, 6) is 0. The lowest BCUT2D eigenvalue weighted by atomic mass is 10.8. The van der Waals surface area contributed by atoms with Crippen LogP contribution in [0.1, 0.15) is 0 Å². The van der Waals surface area contributed by atoms with Crippen molar-refractivity contribution in [2.75, 3.05) is 0 Å². The Morgan fingerprint density at radius 2 is 1.75 bits per heavy atom. The van der Waals surface area contributed by atoms with Crippen LogP contribution in [0.3, 0.4) is 0 Å². The largest absolute Gasteiger partial charge is 0.405 e. The summed E-state index contributed by atoms with van der Waals surface area (Å²) in [6, 6.07) is 0. The van der Waals surface area contributed by atoms with Gasteiger partial charge in [0.05, 0.1) is 0 Å². The standard InChI is InChI=1S/C2H5N.B/c1-2-3;/h2H,1,3H2;. The highest BCUT2D eigenvalue weighted by Gasteiger charge is 1.09. The summed E-state index contributed by atoms with van der Waals surface area (Å²) < 4.78 is 0. The lowest BCUT2D eigenvalue weighted by Gasteiger charge is -1.40. The minimum Gasteiger partial charge on any atom is -0.405 e. The average molecular weight is 53.9 g/mol. The van der Waals surface area contributed by atoms with E-state index < -0.39 is 0 Å². The molecule has 0 amide bonds. The molecular formula is C2H5BN. The highest BCUT2D eigenvalue weighted by atomic mass is 14.5. The van der Waals surface area contributed by atoms with Gasteiger partial charge in [0, 0.05) is 8.41 Å². The van der Waals surface area contributed by atoms with Crippen molar-refractivity contribution in [1.82, 2.24) is 0 Å². The Bertz CT molecular complexity index is 13.5. The molecule has 0 aromatic heterocycles. The fourth-order valence-corrected chi connectivity index (χ4v) is 0. The van der Waals surface area contributed by atoms with Crippen LogP contribution in [0.15, 0.2) is 12.8 Å². The second-order valence-corrected chi connectivity index (χ2v) is 0.236. The molecule has 0 spiro atoms. The molecule has 0 bridgehead atoms. The molecule has 21 valence electrons. The van der Waals surface area contributed by atoms with Crippen LogP contribution in [0.2, 0.25) is 0 Å². The molecule has 2 heteroatoms. The maximum absolute atomic E-state index is 4.61. The van der Waals surface area contributed by atoms with Crippen molar-refractivity contribution in [3.05, 3.63) is 12.8 Å². The minimum absolute atomic E-state index is 0. The van der Waals surface area contributed by atoms with Gasteiger partial charge in [0.1, 0.15) is 0 Å². The summed E-state index contributed by atoms with van der Waals surface area (Å²) >= 11 is 0. The van der Waals surface area contributed by atoms with Gasteiger partial charge in [-0.2, -0.15) is 0 Å². The van der Waals surface area contributed by atoms with Crippen LogP contribution >= 0.6 is 0 Å². The van der Waals surface area contributed by atoms with Crippen LogP contribution < -0.4 is 5.73 Å². The van der Waals surface area contributed by atoms with Gasteiger partial charge in [-0.3, -0.25) is 0 Å². The molecule has 0 saturated carbocycles. The Balaban J connectivity index is 0. The van der Waals surface area contributed by atoms with E-state index in [9.17, 15) is 0 Å². The first-order chi connectivity index (χ1) is 1.41. The summed E-state index contributed by atoms with van der Waals surface area (Å²) in [6.45, 7) is 3.14. The van der Waals surface area contributed by atoms with Gasteiger partial charge in [-0.25, -0.2) is 0 Å². The monoisotopic (exact) mass is 54.1 g/mol. The predicted molar refractivity (Wildman–Crippen MR) is 20.1 cm³/mol. The van der Waals surface area contributed by atoms with Crippen molar-refractivity contribution in [3.8, 4) is 0 Å². The fraction of sp³-hybridized carbons (Fsp3) is 0. The summed E-state index contributed by atoms with van der Waals surface area (Å²) in [4.78, 5) is 0. The molecule has 0 aliphatic heterocycles. The normalized spacial score (nSPS) is 3.00. The van der Waals surface area contributed by atoms with Gasteiger partial charge in [0.15, 0.2) is 0 Å². The average Bonchev–Trinajstić information content (AvgIpc) is 0.918. The van der Waals surface area contributed by atoms with Gasteiger partial charge in [0.2, 0.25) is 0 Å². The SMILES string of the molecule is C=CN.[B]. The summed E-state index contributed by atoms with van der Waals surface area (Å²) in [6.07, 6.45) is 1.25. The number of nitrogens with two attached hydrogens (primary N) is 1. The van der Waals surface area contributed by atoms with Crippen molar-refractivity contribution >= 4 is 8.41 Å². The smallest absolute Gasteiger partial charge is 0 e. The summed E-state index contributed by atoms with van der Waals surface area (Å²) in [7, 11) is 0. The molecule has 4 heavy (non-hydrogen) atoms. The third kappa shape index (κ3) is 3.76. The van der Waals surface area contributed by atoms with Crippen molar-refractivity contribution in [3.63, 3.8) is 0 Å². The molecule has 0 rings (SSSR count). The third-order valence-corrected chi connectivity index (χ3v) is 0. The molecule has 0 atom stereocenters. The second-order valence-electron chi connectivity index (χ2n) is 0.236. The summed E-state index contributed by atoms with van der Waals surface area (Å²) in [5.41, 5.74) is 4.61. The zero-order valence-corrected chi connectivity index (χ0v) is 2.44. The molecular weight excluding hydrogens is 48.8 g/mol. The Kier molecular flexibility index (Phi) is 43.5. The van der Waals surface area contributed by atoms with E-state index in [-0.39, 0.29) is 8.41 Å². The van der Waals surface area contributed by atoms with Crippen molar-refractivity contribution in [2.45, 2.75) is 0 Å². The molecule has 2 N–H and O–H groups in total. The molecule has 0 saturated heterocycles. The van der Waals surface area contributed by atoms with Crippen LogP contribution in [-0.4, -0.2) is 8.41 Å². The Hall–Kier alpha value is -0.395. The number of hydrogen-bond acceptors (Lipinski definition) is 1. The molecule has 3 radical (unpaired) electrons. The van der Waals surface area contributed by atoms with E-state index in [0.29, 0.717) is 0 Å². The first-order valence-corrected chi connectivity index (χ1v) is 0.742. The van der Waals surface area contributed by atoms with Crippen LogP contribution in [-0.2, 0) is 0 Å². The molecule has 0 aliphatic rings. The Morgan fingerprint density at radius 1 is 1.75 bits per heavy atom. The third-order valence-electron chi connectivity index (χ3n) is 0. The maximum Gasteiger partial charge on any atom is 0 e. The molecule has 1 nitrogen and oxygen atoms in total. The van der Waals surface area contributed by atoms with Crippen molar-refractivity contribution in [2.24, 2.45) is 5.73 Å². The van der Waals surface area contributed by atoms with Gasteiger partial charge < -0.3 is 5.73 Å². The number of rotatable bonds is 0. The van der Waals surface area contributed by atoms with E-state index in [1.165, 1.54) is 6.20 Å². The van der Waals surface area contributed by atoms with E-state index in [4.69, 9.17) is 0 Å². The van der Waals surface area contributed by atoms with Gasteiger partial charge in [0.25, 0.3) is 0 Å². The molecule has 0 aromatic rings. The predicted octanol–water partition coefficient (Wildman–Crippen LogP) is -0.292. The van der Waals surface area contributed by atoms with E-state index in [1.54, 1.807) is 0 Å². The minimum atomic E-state index is 0. The van der Waals surface area contributed by atoms with Crippen LogP contribution in [0.4, 0.5) is 0 Å². The first-order valence-electron chi connectivity index (χ1n) is 0.742. The van der Waals surface area contributed by atoms with Crippen LogP contribution in [0, 0.1) is 0 Å². The Labute approximate surface area is 28.1 Å². The summed E-state index contributed by atoms with van der Waals surface area (Å²) in [5, 5.41) is 0. The molecule has 0 aliphatic carbocycles. The van der Waals surface area contributed by atoms with Crippen molar-refractivity contribution < 1.29 is 0 Å².